The Morgan fingerprint density at radius 2 is 1.83 bits per heavy atom. The van der Waals surface area contributed by atoms with Crippen molar-refractivity contribution in [3.63, 3.8) is 0 Å². The molecule has 1 saturated heterocycles. The Balaban J connectivity index is 1.04. The monoisotopic (exact) mass is 494 g/mol. The van der Waals surface area contributed by atoms with Gasteiger partial charge in [0.2, 0.25) is 0 Å². The first kappa shape index (κ1) is 24.3. The van der Waals surface area contributed by atoms with E-state index in [9.17, 15) is 4.79 Å². The second-order valence-electron chi connectivity index (χ2n) is 11.2. The number of anilines is 1. The van der Waals surface area contributed by atoms with Gasteiger partial charge in [0.15, 0.2) is 5.76 Å². The van der Waals surface area contributed by atoms with Crippen LogP contribution in [-0.2, 0) is 5.41 Å². The maximum absolute atomic E-state index is 12.8. The maximum atomic E-state index is 12.8. The summed E-state index contributed by atoms with van der Waals surface area (Å²) in [6.07, 6.45) is 7.40. The van der Waals surface area contributed by atoms with Crippen molar-refractivity contribution in [2.75, 3.05) is 37.6 Å². The molecule has 2 aromatic heterocycles. The van der Waals surface area contributed by atoms with Gasteiger partial charge < -0.3 is 14.6 Å². The van der Waals surface area contributed by atoms with E-state index in [1.165, 1.54) is 35.9 Å². The first-order valence-corrected chi connectivity index (χ1v) is 13.9. The van der Waals surface area contributed by atoms with Crippen LogP contribution in [-0.4, -0.2) is 53.9 Å². The molecule has 1 amide bonds. The number of aromatic nitrogens is 1. The Bertz CT molecular complexity index is 1130. The lowest BCUT2D eigenvalue weighted by molar-refractivity contribution is 0.0888. The fourth-order valence-electron chi connectivity index (χ4n) is 5.57. The quantitative estimate of drug-likeness (QED) is 0.477. The van der Waals surface area contributed by atoms with Crippen molar-refractivity contribution in [3.05, 3.63) is 47.9 Å². The third-order valence-electron chi connectivity index (χ3n) is 7.75. The number of furan rings is 1. The molecule has 6 nitrogen and oxygen atoms in total. The van der Waals surface area contributed by atoms with E-state index in [0.717, 1.165) is 56.3 Å². The number of fused-ring (bicyclic) bond motifs is 1. The highest BCUT2D eigenvalue weighted by atomic mass is 32.1. The van der Waals surface area contributed by atoms with Crippen molar-refractivity contribution in [1.29, 1.82) is 0 Å². The standard InChI is InChI=1S/C28H38N4O2S/c1-28(2,3)23-13-19-34-25(23)27(33)29-21-10-8-20(9-11-21)12-14-31-15-17-32(18-16-31)26-22-6-4-5-7-24(22)35-30-26/h4-7,13,19-21H,8-12,14-18H2,1-3H3,(H,29,33). The highest BCUT2D eigenvalue weighted by Crippen LogP contribution is 2.31. The molecule has 1 aromatic carbocycles. The average molecular weight is 495 g/mol. The first-order valence-electron chi connectivity index (χ1n) is 13.1. The van der Waals surface area contributed by atoms with Crippen LogP contribution >= 0.6 is 11.5 Å². The summed E-state index contributed by atoms with van der Waals surface area (Å²) in [6.45, 7) is 11.8. The summed E-state index contributed by atoms with van der Waals surface area (Å²) < 4.78 is 11.6. The Morgan fingerprint density at radius 3 is 2.57 bits per heavy atom. The minimum Gasteiger partial charge on any atom is -0.459 e. The number of hydrogen-bond acceptors (Lipinski definition) is 6. The molecule has 0 atom stereocenters. The van der Waals surface area contributed by atoms with E-state index in [0.29, 0.717) is 5.76 Å². The zero-order chi connectivity index (χ0) is 24.4. The first-order chi connectivity index (χ1) is 16.9. The van der Waals surface area contributed by atoms with Crippen LogP contribution in [0, 0.1) is 5.92 Å². The average Bonchev–Trinajstić information content (AvgIpc) is 3.52. The van der Waals surface area contributed by atoms with Crippen molar-refractivity contribution < 1.29 is 9.21 Å². The summed E-state index contributed by atoms with van der Waals surface area (Å²) in [4.78, 5) is 17.9. The minimum atomic E-state index is -0.100. The molecule has 0 bridgehead atoms. The van der Waals surface area contributed by atoms with Crippen LogP contribution in [0.4, 0.5) is 5.82 Å². The number of hydrogen-bond donors (Lipinski definition) is 1. The fourth-order valence-corrected chi connectivity index (χ4v) is 6.37. The lowest BCUT2D eigenvalue weighted by Crippen LogP contribution is -2.47. The lowest BCUT2D eigenvalue weighted by atomic mass is 9.83. The van der Waals surface area contributed by atoms with Gasteiger partial charge in [0.25, 0.3) is 5.91 Å². The van der Waals surface area contributed by atoms with Crippen LogP contribution in [0.15, 0.2) is 41.0 Å². The molecule has 2 aliphatic rings. The topological polar surface area (TPSA) is 61.6 Å². The normalized spacial score (nSPS) is 22.0. The number of carbonyl (C=O) groups is 1. The molecule has 5 rings (SSSR count). The molecule has 188 valence electrons. The summed E-state index contributed by atoms with van der Waals surface area (Å²) in [7, 11) is 0. The van der Waals surface area contributed by atoms with Crippen molar-refractivity contribution in [1.82, 2.24) is 14.6 Å². The van der Waals surface area contributed by atoms with Gasteiger partial charge >= 0.3 is 0 Å². The van der Waals surface area contributed by atoms with E-state index in [1.54, 1.807) is 17.8 Å². The van der Waals surface area contributed by atoms with Crippen LogP contribution in [0.1, 0.15) is 69.0 Å². The Morgan fingerprint density at radius 1 is 1.09 bits per heavy atom. The second kappa shape index (κ2) is 10.3. The SMILES string of the molecule is CC(C)(C)c1ccoc1C(=O)NC1CCC(CCN2CCN(c3nsc4ccccc34)CC2)CC1. The molecule has 1 saturated carbocycles. The molecular formula is C28H38N4O2S. The van der Waals surface area contributed by atoms with Gasteiger partial charge in [-0.1, -0.05) is 32.9 Å². The van der Waals surface area contributed by atoms with Gasteiger partial charge in [-0.2, -0.15) is 4.37 Å². The molecular weight excluding hydrogens is 456 g/mol. The molecule has 3 aromatic rings. The summed E-state index contributed by atoms with van der Waals surface area (Å²) >= 11 is 1.61. The van der Waals surface area contributed by atoms with Gasteiger partial charge in [0.1, 0.15) is 5.82 Å². The van der Waals surface area contributed by atoms with E-state index in [4.69, 9.17) is 8.79 Å². The molecule has 35 heavy (non-hydrogen) atoms. The number of amides is 1. The summed E-state index contributed by atoms with van der Waals surface area (Å²) in [5, 5.41) is 4.53. The number of nitrogens with one attached hydrogen (secondary N) is 1. The Hall–Kier alpha value is -2.38. The van der Waals surface area contributed by atoms with E-state index >= 15 is 0 Å². The van der Waals surface area contributed by atoms with E-state index in [2.05, 4.69) is 60.2 Å². The van der Waals surface area contributed by atoms with Crippen molar-refractivity contribution >= 4 is 33.3 Å². The number of benzene rings is 1. The number of carbonyl (C=O) groups excluding carboxylic acids is 1. The van der Waals surface area contributed by atoms with Crippen LogP contribution in [0.25, 0.3) is 10.1 Å². The highest BCUT2D eigenvalue weighted by molar-refractivity contribution is 7.13. The van der Waals surface area contributed by atoms with Gasteiger partial charge in [0.05, 0.1) is 11.0 Å². The largest absolute Gasteiger partial charge is 0.459 e. The molecule has 7 heteroatoms. The summed E-state index contributed by atoms with van der Waals surface area (Å²) in [5.41, 5.74) is 0.878. The van der Waals surface area contributed by atoms with Crippen LogP contribution < -0.4 is 10.2 Å². The van der Waals surface area contributed by atoms with Crippen molar-refractivity contribution in [2.45, 2.75) is 64.3 Å². The van der Waals surface area contributed by atoms with E-state index in [1.807, 2.05) is 6.07 Å². The second-order valence-corrected chi connectivity index (χ2v) is 12.0. The third-order valence-corrected chi connectivity index (χ3v) is 8.56. The van der Waals surface area contributed by atoms with Crippen LogP contribution in [0.2, 0.25) is 0 Å². The molecule has 0 spiro atoms. The molecule has 3 heterocycles. The molecule has 1 aliphatic carbocycles. The molecule has 0 radical (unpaired) electrons. The highest BCUT2D eigenvalue weighted by Gasteiger charge is 2.28. The third kappa shape index (κ3) is 5.56. The molecule has 2 fully saturated rings. The zero-order valence-corrected chi connectivity index (χ0v) is 22.1. The lowest BCUT2D eigenvalue weighted by Gasteiger charge is -2.36. The smallest absolute Gasteiger partial charge is 0.287 e. The maximum Gasteiger partial charge on any atom is 0.287 e. The van der Waals surface area contributed by atoms with Crippen LogP contribution in [0.5, 0.6) is 0 Å². The van der Waals surface area contributed by atoms with E-state index < -0.39 is 0 Å². The number of piperazine rings is 1. The minimum absolute atomic E-state index is 0.0610. The molecule has 1 N–H and O–H groups in total. The summed E-state index contributed by atoms with van der Waals surface area (Å²) in [6, 6.07) is 10.7. The van der Waals surface area contributed by atoms with E-state index in [-0.39, 0.29) is 17.4 Å². The Kier molecular flexibility index (Phi) is 7.17. The zero-order valence-electron chi connectivity index (χ0n) is 21.3. The molecule has 1 aliphatic heterocycles. The van der Waals surface area contributed by atoms with Gasteiger partial charge in [-0.3, -0.25) is 9.69 Å². The van der Waals surface area contributed by atoms with Gasteiger partial charge in [-0.25, -0.2) is 0 Å². The number of rotatable bonds is 6. The van der Waals surface area contributed by atoms with Gasteiger partial charge in [-0.15, -0.1) is 0 Å². The fraction of sp³-hybridized carbons (Fsp3) is 0.571. The van der Waals surface area contributed by atoms with Gasteiger partial charge in [0, 0.05) is 43.2 Å². The Labute approximate surface area is 212 Å². The van der Waals surface area contributed by atoms with Crippen molar-refractivity contribution in [3.8, 4) is 0 Å². The predicted molar refractivity (Wildman–Crippen MR) is 144 cm³/mol. The summed E-state index contributed by atoms with van der Waals surface area (Å²) in [5.74, 6) is 2.34. The number of nitrogens with zero attached hydrogens (tertiary/aromatic N) is 3. The van der Waals surface area contributed by atoms with Gasteiger partial charge in [-0.05, 0) is 79.7 Å². The van der Waals surface area contributed by atoms with Crippen LogP contribution in [0.3, 0.4) is 0 Å². The molecule has 0 unspecified atom stereocenters. The predicted octanol–water partition coefficient (Wildman–Crippen LogP) is 5.69. The van der Waals surface area contributed by atoms with Crippen molar-refractivity contribution in [2.24, 2.45) is 5.92 Å².